The van der Waals surface area contributed by atoms with Crippen LogP contribution in [-0.4, -0.2) is 70.3 Å². The molecular formula is C25H34N4O7S2. The molecule has 2 aliphatic rings. The van der Waals surface area contributed by atoms with Gasteiger partial charge in [-0.15, -0.1) is 23.1 Å². The van der Waals surface area contributed by atoms with E-state index in [4.69, 9.17) is 19.9 Å². The molecule has 1 aromatic rings. The number of thiazole rings is 1. The number of hydrogen-bond acceptors (Lipinski definition) is 11. The first-order valence-electron chi connectivity index (χ1n) is 12.2. The van der Waals surface area contributed by atoms with Gasteiger partial charge in [0.25, 0.3) is 11.8 Å². The molecule has 0 aliphatic carbocycles. The van der Waals surface area contributed by atoms with Crippen LogP contribution < -0.4 is 11.1 Å². The zero-order chi connectivity index (χ0) is 28.2. The Morgan fingerprint density at radius 3 is 2.58 bits per heavy atom. The van der Waals surface area contributed by atoms with Crippen LogP contribution in [-0.2, 0) is 33.4 Å². The maximum atomic E-state index is 13.2. The molecule has 3 rings (SSSR count). The Hall–Kier alpha value is -2.90. The summed E-state index contributed by atoms with van der Waals surface area (Å²) in [6.45, 7) is 10.2. The van der Waals surface area contributed by atoms with E-state index in [1.807, 2.05) is 20.8 Å². The van der Waals surface area contributed by atoms with Crippen molar-refractivity contribution in [2.24, 2.45) is 5.41 Å². The van der Waals surface area contributed by atoms with Crippen molar-refractivity contribution in [1.29, 1.82) is 0 Å². The van der Waals surface area contributed by atoms with Gasteiger partial charge in [0.15, 0.2) is 5.13 Å². The van der Waals surface area contributed by atoms with E-state index in [0.29, 0.717) is 34.1 Å². The number of ether oxygens (including phenoxy) is 3. The summed E-state index contributed by atoms with van der Waals surface area (Å²) in [4.78, 5) is 57.0. The Kier molecular flexibility index (Phi) is 9.60. The number of nitrogens with zero attached hydrogens (tertiary/aromatic N) is 2. The Labute approximate surface area is 230 Å². The lowest BCUT2D eigenvalue weighted by molar-refractivity contribution is -0.173. The molecule has 3 heterocycles. The first-order valence-corrected chi connectivity index (χ1v) is 14.1. The maximum Gasteiger partial charge on any atom is 0.358 e. The fraction of sp³-hybridized carbons (Fsp3) is 0.560. The molecule has 38 heavy (non-hydrogen) atoms. The highest BCUT2D eigenvalue weighted by Crippen LogP contribution is 2.41. The van der Waals surface area contributed by atoms with Crippen molar-refractivity contribution in [2.75, 3.05) is 24.9 Å². The fourth-order valence-corrected chi connectivity index (χ4v) is 5.51. The highest BCUT2D eigenvalue weighted by molar-refractivity contribution is 8.00. The predicted octanol–water partition coefficient (Wildman–Crippen LogP) is 2.69. The lowest BCUT2D eigenvalue weighted by Crippen LogP contribution is -2.70. The summed E-state index contributed by atoms with van der Waals surface area (Å²) in [5, 5.41) is 4.29. The number of carbonyl (C=O) groups is 4. The van der Waals surface area contributed by atoms with Gasteiger partial charge in [-0.1, -0.05) is 13.0 Å². The van der Waals surface area contributed by atoms with E-state index in [9.17, 15) is 19.2 Å². The average Bonchev–Trinajstić information content (AvgIpc) is 3.28. The van der Waals surface area contributed by atoms with Crippen molar-refractivity contribution in [3.8, 4) is 0 Å². The van der Waals surface area contributed by atoms with Crippen molar-refractivity contribution in [3.05, 3.63) is 28.4 Å². The second-order valence-corrected chi connectivity index (χ2v) is 12.0. The van der Waals surface area contributed by atoms with Gasteiger partial charge in [-0.25, -0.2) is 9.78 Å². The lowest BCUT2D eigenvalue weighted by Gasteiger charge is -2.49. The SMILES string of the molecule is CCC=C(C(=O)N[C@@H]1C(=O)N2C(C(=O)OCOC(=O)C(C)(C)C)=C(COC(C)C)CS[C@@H]12)c1csc(N)n1. The molecular weight excluding hydrogens is 532 g/mol. The molecule has 0 radical (unpaired) electrons. The van der Waals surface area contributed by atoms with Crippen molar-refractivity contribution >= 4 is 57.6 Å². The van der Waals surface area contributed by atoms with Crippen LogP contribution in [0.3, 0.4) is 0 Å². The number of nitrogen functional groups attached to an aromatic ring is 1. The van der Waals surface area contributed by atoms with Gasteiger partial charge in [0, 0.05) is 11.1 Å². The summed E-state index contributed by atoms with van der Waals surface area (Å²) >= 11 is 2.63. The monoisotopic (exact) mass is 566 g/mol. The van der Waals surface area contributed by atoms with Crippen LogP contribution in [0.15, 0.2) is 22.7 Å². The fourth-order valence-electron chi connectivity index (χ4n) is 3.62. The van der Waals surface area contributed by atoms with Crippen molar-refractivity contribution in [2.45, 2.75) is 65.5 Å². The normalized spacial score (nSPS) is 19.7. The van der Waals surface area contributed by atoms with Gasteiger partial charge in [-0.3, -0.25) is 19.3 Å². The molecule has 2 atom stereocenters. The minimum atomic E-state index is -0.849. The van der Waals surface area contributed by atoms with Crippen LogP contribution in [0.1, 0.15) is 53.7 Å². The molecule has 2 aliphatic heterocycles. The zero-order valence-electron chi connectivity index (χ0n) is 22.4. The smallest absolute Gasteiger partial charge is 0.358 e. The van der Waals surface area contributed by atoms with Gasteiger partial charge in [0.05, 0.1) is 29.4 Å². The number of nitrogens with one attached hydrogen (secondary N) is 1. The van der Waals surface area contributed by atoms with Gasteiger partial charge in [0.1, 0.15) is 17.1 Å². The average molecular weight is 567 g/mol. The van der Waals surface area contributed by atoms with Crippen molar-refractivity contribution < 1.29 is 33.4 Å². The summed E-state index contributed by atoms with van der Waals surface area (Å²) in [6.07, 6.45) is 2.21. The number of carbonyl (C=O) groups excluding carboxylic acids is 4. The molecule has 208 valence electrons. The van der Waals surface area contributed by atoms with Crippen LogP contribution in [0.2, 0.25) is 0 Å². The second kappa shape index (κ2) is 12.3. The molecule has 2 amide bonds. The molecule has 0 unspecified atom stereocenters. The van der Waals surface area contributed by atoms with Crippen LogP contribution >= 0.6 is 23.1 Å². The molecule has 1 saturated heterocycles. The summed E-state index contributed by atoms with van der Waals surface area (Å²) in [6, 6.07) is -0.849. The van der Waals surface area contributed by atoms with E-state index >= 15 is 0 Å². The second-order valence-electron chi connectivity index (χ2n) is 10.0. The van der Waals surface area contributed by atoms with Gasteiger partial charge < -0.3 is 25.3 Å². The molecule has 0 saturated carbocycles. The third-order valence-electron chi connectivity index (χ3n) is 5.56. The zero-order valence-corrected chi connectivity index (χ0v) is 24.0. The van der Waals surface area contributed by atoms with E-state index in [1.54, 1.807) is 32.2 Å². The van der Waals surface area contributed by atoms with E-state index < -0.39 is 47.4 Å². The number of aromatic nitrogens is 1. The number of hydrogen-bond donors (Lipinski definition) is 2. The minimum absolute atomic E-state index is 0.0494. The Morgan fingerprint density at radius 1 is 1.29 bits per heavy atom. The van der Waals surface area contributed by atoms with Crippen molar-refractivity contribution in [1.82, 2.24) is 15.2 Å². The van der Waals surface area contributed by atoms with Crippen molar-refractivity contribution in [3.63, 3.8) is 0 Å². The largest absolute Gasteiger partial charge is 0.427 e. The molecule has 0 bridgehead atoms. The standard InChI is InChI=1S/C25H34N4O7S2/c1-7-8-15(16-11-38-24(26)27-16)19(30)28-17-20(31)29-18(14(9-34-13(2)3)10-37-21(17)29)22(32)35-12-36-23(33)25(4,5)6/h8,11,13,17,21H,7,9-10,12H2,1-6H3,(H2,26,27)(H,28,30)/t17-,21+/m1/s1. The van der Waals surface area contributed by atoms with Crippen LogP contribution in [0.5, 0.6) is 0 Å². The topological polar surface area (TPSA) is 150 Å². The molecule has 3 N–H and O–H groups in total. The Morgan fingerprint density at radius 2 is 2.00 bits per heavy atom. The summed E-state index contributed by atoms with van der Waals surface area (Å²) in [5.74, 6) is -1.85. The number of thioether (sulfide) groups is 1. The predicted molar refractivity (Wildman–Crippen MR) is 144 cm³/mol. The highest BCUT2D eigenvalue weighted by Gasteiger charge is 2.54. The van der Waals surface area contributed by atoms with Crippen LogP contribution in [0, 0.1) is 5.41 Å². The number of fused-ring (bicyclic) bond motifs is 1. The van der Waals surface area contributed by atoms with E-state index in [2.05, 4.69) is 10.3 Å². The molecule has 1 fully saturated rings. The number of rotatable bonds is 10. The van der Waals surface area contributed by atoms with Crippen LogP contribution in [0.25, 0.3) is 5.57 Å². The molecule has 11 nitrogen and oxygen atoms in total. The quantitative estimate of drug-likeness (QED) is 0.187. The summed E-state index contributed by atoms with van der Waals surface area (Å²) < 4.78 is 16.0. The number of nitrogens with two attached hydrogens (primary N) is 1. The van der Waals surface area contributed by atoms with Gasteiger partial charge in [0.2, 0.25) is 6.79 Å². The first kappa shape index (κ1) is 29.7. The molecule has 1 aromatic heterocycles. The number of allylic oxidation sites excluding steroid dienone is 1. The van der Waals surface area contributed by atoms with E-state index in [-0.39, 0.29) is 18.4 Å². The maximum absolute atomic E-state index is 13.2. The number of β-lactam (4-membered cyclic amide) rings is 1. The minimum Gasteiger partial charge on any atom is -0.427 e. The third-order valence-corrected chi connectivity index (χ3v) is 7.57. The molecule has 0 aromatic carbocycles. The summed E-state index contributed by atoms with van der Waals surface area (Å²) in [7, 11) is 0. The van der Waals surface area contributed by atoms with E-state index in [1.165, 1.54) is 28.0 Å². The molecule has 0 spiro atoms. The van der Waals surface area contributed by atoms with Gasteiger partial charge in [-0.2, -0.15) is 0 Å². The van der Waals surface area contributed by atoms with Crippen LogP contribution in [0.4, 0.5) is 5.13 Å². The van der Waals surface area contributed by atoms with Gasteiger partial charge >= 0.3 is 11.9 Å². The first-order chi connectivity index (χ1) is 17.8. The molecule has 13 heteroatoms. The van der Waals surface area contributed by atoms with E-state index in [0.717, 1.165) is 0 Å². The summed E-state index contributed by atoms with van der Waals surface area (Å²) in [5.41, 5.74) is 6.36. The Balaban J connectivity index is 1.76. The number of anilines is 1. The highest BCUT2D eigenvalue weighted by atomic mass is 32.2. The third kappa shape index (κ3) is 6.75. The lowest BCUT2D eigenvalue weighted by atomic mass is 9.98. The van der Waals surface area contributed by atoms with Gasteiger partial charge in [-0.05, 0) is 46.6 Å². The number of amides is 2. The Bertz CT molecular complexity index is 1150. The number of esters is 2.